The van der Waals surface area contributed by atoms with Gasteiger partial charge < -0.3 is 15.0 Å². The molecule has 3 heterocycles. The van der Waals surface area contributed by atoms with E-state index in [-0.39, 0.29) is 11.9 Å². The first-order chi connectivity index (χ1) is 13.0. The molecule has 1 aliphatic heterocycles. The summed E-state index contributed by atoms with van der Waals surface area (Å²) in [5.41, 5.74) is 1.60. The zero-order valence-electron chi connectivity index (χ0n) is 15.8. The number of aromatic nitrogens is 3. The Morgan fingerprint density at radius 1 is 1.15 bits per heavy atom. The van der Waals surface area contributed by atoms with Crippen LogP contribution < -0.4 is 15.0 Å². The molecule has 1 aromatic carbocycles. The summed E-state index contributed by atoms with van der Waals surface area (Å²) in [7, 11) is 0. The highest BCUT2D eigenvalue weighted by Crippen LogP contribution is 2.34. The van der Waals surface area contributed by atoms with Crippen LogP contribution in [0.4, 0.5) is 21.7 Å². The van der Waals surface area contributed by atoms with E-state index in [2.05, 4.69) is 25.4 Å². The van der Waals surface area contributed by atoms with Gasteiger partial charge in [-0.2, -0.15) is 10.1 Å². The number of ether oxygens (including phenoxy) is 1. The molecule has 1 fully saturated rings. The number of halogens is 1. The average Bonchev–Trinajstić information content (AvgIpc) is 3.26. The maximum atomic E-state index is 14.8. The van der Waals surface area contributed by atoms with Gasteiger partial charge in [-0.25, -0.2) is 4.39 Å². The molecule has 142 valence electrons. The lowest BCUT2D eigenvalue weighted by molar-refractivity contribution is 0.236. The van der Waals surface area contributed by atoms with Crippen molar-refractivity contribution in [3.63, 3.8) is 0 Å². The van der Waals surface area contributed by atoms with Gasteiger partial charge in [0.1, 0.15) is 11.6 Å². The minimum Gasteiger partial charge on any atom is -0.474 e. The van der Waals surface area contributed by atoms with E-state index >= 15 is 0 Å². The van der Waals surface area contributed by atoms with Crippen molar-refractivity contribution in [2.45, 2.75) is 39.7 Å². The molecule has 0 radical (unpaired) electrons. The molecule has 0 amide bonds. The van der Waals surface area contributed by atoms with Gasteiger partial charge in [-0.3, -0.25) is 5.10 Å². The standard InChI is InChI=1S/C20H24FN5O/c1-12(2)27-20-15-11-16(21)17(26-6-4-5-7-26)9-14(15)10-18(23-20)22-19-8-13(3)24-25-19/h8-12H,4-7H2,1-3H3,(H2,22,23,24,25). The maximum Gasteiger partial charge on any atom is 0.223 e. The van der Waals surface area contributed by atoms with Crippen molar-refractivity contribution in [2.75, 3.05) is 23.3 Å². The third-order valence-electron chi connectivity index (χ3n) is 4.62. The summed E-state index contributed by atoms with van der Waals surface area (Å²) < 4.78 is 20.7. The molecule has 0 bridgehead atoms. The fourth-order valence-electron chi connectivity index (χ4n) is 3.42. The average molecular weight is 369 g/mol. The highest BCUT2D eigenvalue weighted by molar-refractivity contribution is 5.92. The Morgan fingerprint density at radius 2 is 1.93 bits per heavy atom. The predicted octanol–water partition coefficient (Wildman–Crippen LogP) is 4.54. The molecule has 7 heteroatoms. The van der Waals surface area contributed by atoms with Gasteiger partial charge in [0, 0.05) is 30.2 Å². The van der Waals surface area contributed by atoms with Gasteiger partial charge in [-0.05, 0) is 57.2 Å². The van der Waals surface area contributed by atoms with Crippen molar-refractivity contribution in [3.05, 3.63) is 35.8 Å². The van der Waals surface area contributed by atoms with E-state index in [0.29, 0.717) is 28.6 Å². The van der Waals surface area contributed by atoms with Crippen LogP contribution >= 0.6 is 0 Å². The highest BCUT2D eigenvalue weighted by atomic mass is 19.1. The van der Waals surface area contributed by atoms with Crippen molar-refractivity contribution in [2.24, 2.45) is 0 Å². The van der Waals surface area contributed by atoms with Gasteiger partial charge in [-0.1, -0.05) is 0 Å². The van der Waals surface area contributed by atoms with Crippen LogP contribution in [0.5, 0.6) is 5.88 Å². The molecule has 6 nitrogen and oxygen atoms in total. The van der Waals surface area contributed by atoms with Crippen LogP contribution in [0.3, 0.4) is 0 Å². The number of benzene rings is 1. The van der Waals surface area contributed by atoms with Crippen LogP contribution in [0.15, 0.2) is 24.3 Å². The van der Waals surface area contributed by atoms with E-state index in [1.54, 1.807) is 0 Å². The van der Waals surface area contributed by atoms with Crippen LogP contribution in [0.2, 0.25) is 0 Å². The summed E-state index contributed by atoms with van der Waals surface area (Å²) in [6, 6.07) is 7.24. The summed E-state index contributed by atoms with van der Waals surface area (Å²) in [6.45, 7) is 7.57. The lowest BCUT2D eigenvalue weighted by Gasteiger charge is -2.20. The Hall–Kier alpha value is -2.83. The minimum atomic E-state index is -0.233. The topological polar surface area (TPSA) is 66.1 Å². The number of hydrogen-bond acceptors (Lipinski definition) is 5. The number of aryl methyl sites for hydroxylation is 1. The normalized spacial score (nSPS) is 14.3. The summed E-state index contributed by atoms with van der Waals surface area (Å²) >= 11 is 0. The molecule has 2 aromatic heterocycles. The third kappa shape index (κ3) is 3.67. The fourth-order valence-corrected chi connectivity index (χ4v) is 3.42. The van der Waals surface area contributed by atoms with Crippen molar-refractivity contribution in [1.82, 2.24) is 15.2 Å². The van der Waals surface area contributed by atoms with Gasteiger partial charge in [0.05, 0.1) is 11.8 Å². The Labute approximate surface area is 157 Å². The number of aromatic amines is 1. The van der Waals surface area contributed by atoms with E-state index in [0.717, 1.165) is 37.0 Å². The van der Waals surface area contributed by atoms with Gasteiger partial charge in [0.2, 0.25) is 5.88 Å². The van der Waals surface area contributed by atoms with E-state index in [1.807, 2.05) is 39.0 Å². The molecular formula is C20H24FN5O. The first kappa shape index (κ1) is 17.6. The van der Waals surface area contributed by atoms with E-state index < -0.39 is 0 Å². The van der Waals surface area contributed by atoms with Crippen molar-refractivity contribution in [3.8, 4) is 5.88 Å². The second-order valence-corrected chi connectivity index (χ2v) is 7.26. The number of H-pyrrole nitrogens is 1. The largest absolute Gasteiger partial charge is 0.474 e. The van der Waals surface area contributed by atoms with Crippen molar-refractivity contribution in [1.29, 1.82) is 0 Å². The molecular weight excluding hydrogens is 345 g/mol. The number of hydrogen-bond donors (Lipinski definition) is 2. The molecule has 0 aliphatic carbocycles. The summed E-state index contributed by atoms with van der Waals surface area (Å²) in [6.07, 6.45) is 2.13. The lowest BCUT2D eigenvalue weighted by Crippen LogP contribution is -2.19. The van der Waals surface area contributed by atoms with Crippen molar-refractivity contribution < 1.29 is 9.13 Å². The molecule has 0 unspecified atom stereocenters. The lowest BCUT2D eigenvalue weighted by atomic mass is 10.1. The van der Waals surface area contributed by atoms with Gasteiger partial charge in [-0.15, -0.1) is 0 Å². The molecule has 2 N–H and O–H groups in total. The molecule has 0 atom stereocenters. The highest BCUT2D eigenvalue weighted by Gasteiger charge is 2.19. The zero-order chi connectivity index (χ0) is 19.0. The van der Waals surface area contributed by atoms with Crippen LogP contribution in [0.1, 0.15) is 32.4 Å². The third-order valence-corrected chi connectivity index (χ3v) is 4.62. The zero-order valence-corrected chi connectivity index (χ0v) is 15.8. The number of nitrogens with zero attached hydrogens (tertiary/aromatic N) is 3. The summed E-state index contributed by atoms with van der Waals surface area (Å²) in [5.74, 6) is 1.48. The maximum absolute atomic E-state index is 14.8. The number of nitrogens with one attached hydrogen (secondary N) is 2. The van der Waals surface area contributed by atoms with E-state index in [9.17, 15) is 4.39 Å². The quantitative estimate of drug-likeness (QED) is 0.691. The smallest absolute Gasteiger partial charge is 0.223 e. The number of fused-ring (bicyclic) bond motifs is 1. The molecule has 0 saturated carbocycles. The van der Waals surface area contributed by atoms with Crippen LogP contribution in [-0.2, 0) is 0 Å². The van der Waals surface area contributed by atoms with E-state index in [4.69, 9.17) is 4.74 Å². The Kier molecular flexibility index (Phi) is 4.59. The molecule has 27 heavy (non-hydrogen) atoms. The van der Waals surface area contributed by atoms with E-state index in [1.165, 1.54) is 6.07 Å². The molecule has 3 aromatic rings. The summed E-state index contributed by atoms with van der Waals surface area (Å²) in [5, 5.41) is 11.8. The van der Waals surface area contributed by atoms with Crippen LogP contribution in [0.25, 0.3) is 10.8 Å². The Balaban J connectivity index is 1.80. The molecule has 0 spiro atoms. The number of rotatable bonds is 5. The Bertz CT molecular complexity index is 962. The van der Waals surface area contributed by atoms with Gasteiger partial charge >= 0.3 is 0 Å². The second-order valence-electron chi connectivity index (χ2n) is 7.26. The predicted molar refractivity (Wildman–Crippen MR) is 106 cm³/mol. The second kappa shape index (κ2) is 7.06. The van der Waals surface area contributed by atoms with Crippen LogP contribution in [0, 0.1) is 12.7 Å². The first-order valence-corrected chi connectivity index (χ1v) is 9.34. The summed E-state index contributed by atoms with van der Waals surface area (Å²) in [4.78, 5) is 6.65. The monoisotopic (exact) mass is 369 g/mol. The minimum absolute atomic E-state index is 0.0649. The first-order valence-electron chi connectivity index (χ1n) is 9.34. The fraction of sp³-hybridized carbons (Fsp3) is 0.400. The SMILES string of the molecule is Cc1cc(Nc2cc3cc(N4CCCC4)c(F)cc3c(OC(C)C)n2)n[nH]1. The molecule has 4 rings (SSSR count). The number of anilines is 3. The number of pyridine rings is 1. The molecule has 1 aliphatic rings. The van der Waals surface area contributed by atoms with Crippen LogP contribution in [-0.4, -0.2) is 34.4 Å². The van der Waals surface area contributed by atoms with Crippen molar-refractivity contribution >= 4 is 28.1 Å². The van der Waals surface area contributed by atoms with Gasteiger partial charge in [0.25, 0.3) is 0 Å². The van der Waals surface area contributed by atoms with Gasteiger partial charge in [0.15, 0.2) is 5.82 Å². The Morgan fingerprint density at radius 3 is 2.59 bits per heavy atom. The molecule has 1 saturated heterocycles.